The molecule has 88 valence electrons. The first kappa shape index (κ1) is 12.2. The molecule has 0 radical (unpaired) electrons. The van der Waals surface area contributed by atoms with Crippen LogP contribution in [0.25, 0.3) is 0 Å². The fourth-order valence-electron chi connectivity index (χ4n) is 1.98. The summed E-state index contributed by atoms with van der Waals surface area (Å²) in [7, 11) is 0. The maximum atomic E-state index is 11.9. The number of amides is 1. The Bertz CT molecular complexity index is 496. The molecule has 3 nitrogen and oxygen atoms in total. The number of rotatable bonds is 2. The molecule has 1 fully saturated rings. The SMILES string of the molecule is N#Cc1cccc(Cl)c1N1CC(CCl)CC1=O. The van der Waals surface area contributed by atoms with E-state index in [1.807, 2.05) is 0 Å². The van der Waals surface area contributed by atoms with Crippen LogP contribution in [0, 0.1) is 17.2 Å². The standard InChI is InChI=1S/C12H10Cl2N2O/c13-5-8-4-11(17)16(7-8)12-9(6-15)2-1-3-10(12)14/h1-3,8H,4-5,7H2. The minimum Gasteiger partial charge on any atom is -0.309 e. The zero-order valence-corrected chi connectivity index (χ0v) is 10.5. The molecule has 1 heterocycles. The summed E-state index contributed by atoms with van der Waals surface area (Å²) in [6.07, 6.45) is 0.416. The molecular formula is C12H10Cl2N2O. The molecule has 0 bridgehead atoms. The highest BCUT2D eigenvalue weighted by Crippen LogP contribution is 2.34. The molecule has 0 aliphatic carbocycles. The lowest BCUT2D eigenvalue weighted by atomic mass is 10.1. The number of carbonyl (C=O) groups excluding carboxylic acids is 1. The average molecular weight is 269 g/mol. The number of halogens is 2. The van der Waals surface area contributed by atoms with Crippen molar-refractivity contribution in [3.8, 4) is 6.07 Å². The van der Waals surface area contributed by atoms with Crippen LogP contribution in [0.1, 0.15) is 12.0 Å². The van der Waals surface area contributed by atoms with Crippen LogP contribution in [0.4, 0.5) is 5.69 Å². The summed E-state index contributed by atoms with van der Waals surface area (Å²) < 4.78 is 0. The van der Waals surface area contributed by atoms with E-state index in [9.17, 15) is 4.79 Å². The molecule has 0 saturated carbocycles. The highest BCUT2D eigenvalue weighted by atomic mass is 35.5. The van der Waals surface area contributed by atoms with Gasteiger partial charge >= 0.3 is 0 Å². The number of anilines is 1. The smallest absolute Gasteiger partial charge is 0.227 e. The Balaban J connectivity index is 2.42. The quantitative estimate of drug-likeness (QED) is 0.775. The van der Waals surface area contributed by atoms with Crippen molar-refractivity contribution < 1.29 is 4.79 Å². The van der Waals surface area contributed by atoms with Crippen LogP contribution in [0.3, 0.4) is 0 Å². The van der Waals surface area contributed by atoms with E-state index in [1.165, 1.54) is 0 Å². The second-order valence-electron chi connectivity index (χ2n) is 3.98. The molecule has 2 rings (SSSR count). The Morgan fingerprint density at radius 3 is 2.88 bits per heavy atom. The maximum Gasteiger partial charge on any atom is 0.227 e. The van der Waals surface area contributed by atoms with E-state index >= 15 is 0 Å². The number of hydrogen-bond donors (Lipinski definition) is 0. The highest BCUT2D eigenvalue weighted by Gasteiger charge is 2.32. The number of benzene rings is 1. The predicted octanol–water partition coefficient (Wildman–Crippen LogP) is 2.80. The lowest BCUT2D eigenvalue weighted by molar-refractivity contribution is -0.117. The second-order valence-corrected chi connectivity index (χ2v) is 4.69. The van der Waals surface area contributed by atoms with Gasteiger partial charge in [0.25, 0.3) is 0 Å². The Kier molecular flexibility index (Phi) is 3.56. The molecule has 1 atom stereocenters. The van der Waals surface area contributed by atoms with Gasteiger partial charge in [0.05, 0.1) is 16.3 Å². The van der Waals surface area contributed by atoms with Gasteiger partial charge in [-0.15, -0.1) is 11.6 Å². The first-order chi connectivity index (χ1) is 8.17. The van der Waals surface area contributed by atoms with Crippen LogP contribution in [0.15, 0.2) is 18.2 Å². The topological polar surface area (TPSA) is 44.1 Å². The summed E-state index contributed by atoms with van der Waals surface area (Å²) in [5.41, 5.74) is 0.926. The van der Waals surface area contributed by atoms with Crippen LogP contribution in [0.2, 0.25) is 5.02 Å². The number of nitriles is 1. The van der Waals surface area contributed by atoms with E-state index in [-0.39, 0.29) is 11.8 Å². The third kappa shape index (κ3) is 2.24. The summed E-state index contributed by atoms with van der Waals surface area (Å²) in [5.74, 6) is 0.543. The van der Waals surface area contributed by atoms with Crippen molar-refractivity contribution in [2.24, 2.45) is 5.92 Å². The first-order valence-electron chi connectivity index (χ1n) is 5.22. The van der Waals surface area contributed by atoms with Gasteiger partial charge < -0.3 is 4.90 Å². The van der Waals surface area contributed by atoms with Crippen LogP contribution in [-0.4, -0.2) is 18.3 Å². The molecule has 1 aromatic carbocycles. The van der Waals surface area contributed by atoms with Gasteiger partial charge in [0, 0.05) is 18.8 Å². The number of nitrogens with zero attached hydrogens (tertiary/aromatic N) is 2. The molecule has 1 saturated heterocycles. The largest absolute Gasteiger partial charge is 0.309 e. The molecular weight excluding hydrogens is 259 g/mol. The normalized spacial score (nSPS) is 19.5. The van der Waals surface area contributed by atoms with Gasteiger partial charge in [0.1, 0.15) is 6.07 Å². The van der Waals surface area contributed by atoms with Crippen LogP contribution in [0.5, 0.6) is 0 Å². The minimum atomic E-state index is -0.0275. The molecule has 17 heavy (non-hydrogen) atoms. The summed E-state index contributed by atoms with van der Waals surface area (Å²) in [4.78, 5) is 13.4. The lowest BCUT2D eigenvalue weighted by Gasteiger charge is -2.19. The second kappa shape index (κ2) is 4.95. The van der Waals surface area contributed by atoms with Crippen molar-refractivity contribution in [1.29, 1.82) is 5.26 Å². The van der Waals surface area contributed by atoms with Crippen LogP contribution in [-0.2, 0) is 4.79 Å². The molecule has 0 aromatic heterocycles. The lowest BCUT2D eigenvalue weighted by Crippen LogP contribution is -2.25. The van der Waals surface area contributed by atoms with Crippen LogP contribution >= 0.6 is 23.2 Å². The highest BCUT2D eigenvalue weighted by molar-refractivity contribution is 6.34. The molecule has 1 amide bonds. The first-order valence-corrected chi connectivity index (χ1v) is 6.13. The average Bonchev–Trinajstić information content (AvgIpc) is 2.70. The molecule has 0 spiro atoms. The summed E-state index contributed by atoms with van der Waals surface area (Å²) in [6.45, 7) is 0.529. The van der Waals surface area contributed by atoms with E-state index in [0.29, 0.717) is 35.1 Å². The van der Waals surface area contributed by atoms with Gasteiger partial charge in [0.2, 0.25) is 5.91 Å². The summed E-state index contributed by atoms with van der Waals surface area (Å²) >= 11 is 11.8. The zero-order valence-electron chi connectivity index (χ0n) is 8.99. The Morgan fingerprint density at radius 2 is 2.29 bits per heavy atom. The van der Waals surface area contributed by atoms with Gasteiger partial charge in [0.15, 0.2) is 0 Å². The third-order valence-corrected chi connectivity index (χ3v) is 3.54. The van der Waals surface area contributed by atoms with E-state index in [2.05, 4.69) is 6.07 Å². The number of para-hydroxylation sites is 1. The fourth-order valence-corrected chi connectivity index (χ4v) is 2.46. The van der Waals surface area contributed by atoms with E-state index in [1.54, 1.807) is 23.1 Å². The van der Waals surface area contributed by atoms with Gasteiger partial charge in [-0.3, -0.25) is 4.79 Å². The number of carbonyl (C=O) groups is 1. The maximum absolute atomic E-state index is 11.9. The molecule has 0 N–H and O–H groups in total. The van der Waals surface area contributed by atoms with Gasteiger partial charge in [-0.05, 0) is 18.1 Å². The summed E-state index contributed by atoms with van der Waals surface area (Å²) in [5, 5.41) is 9.46. The predicted molar refractivity (Wildman–Crippen MR) is 67.3 cm³/mol. The monoisotopic (exact) mass is 268 g/mol. The van der Waals surface area contributed by atoms with Crippen molar-refractivity contribution in [3.05, 3.63) is 28.8 Å². The van der Waals surface area contributed by atoms with Crippen molar-refractivity contribution >= 4 is 34.8 Å². The number of hydrogen-bond acceptors (Lipinski definition) is 2. The molecule has 5 heteroatoms. The Hall–Kier alpha value is -1.24. The molecule has 1 aromatic rings. The van der Waals surface area contributed by atoms with Gasteiger partial charge in [-0.1, -0.05) is 17.7 Å². The third-order valence-electron chi connectivity index (χ3n) is 2.80. The van der Waals surface area contributed by atoms with Crippen molar-refractivity contribution in [1.82, 2.24) is 0 Å². The van der Waals surface area contributed by atoms with Gasteiger partial charge in [-0.2, -0.15) is 5.26 Å². The minimum absolute atomic E-state index is 0.0275. The number of alkyl halides is 1. The van der Waals surface area contributed by atoms with E-state index in [0.717, 1.165) is 0 Å². The van der Waals surface area contributed by atoms with Crippen LogP contribution < -0.4 is 4.90 Å². The van der Waals surface area contributed by atoms with Crippen molar-refractivity contribution in [3.63, 3.8) is 0 Å². The van der Waals surface area contributed by atoms with Crippen molar-refractivity contribution in [2.45, 2.75) is 6.42 Å². The Morgan fingerprint density at radius 1 is 1.53 bits per heavy atom. The Labute approximate surface area is 110 Å². The van der Waals surface area contributed by atoms with E-state index in [4.69, 9.17) is 28.5 Å². The summed E-state index contributed by atoms with van der Waals surface area (Å²) in [6, 6.07) is 7.09. The fraction of sp³-hybridized carbons (Fsp3) is 0.333. The molecule has 1 aliphatic heterocycles. The zero-order chi connectivity index (χ0) is 12.4. The van der Waals surface area contributed by atoms with E-state index < -0.39 is 0 Å². The molecule has 1 aliphatic rings. The van der Waals surface area contributed by atoms with Gasteiger partial charge in [-0.25, -0.2) is 0 Å². The van der Waals surface area contributed by atoms with Crippen molar-refractivity contribution in [2.75, 3.05) is 17.3 Å². The molecule has 1 unspecified atom stereocenters.